The molecule has 13 heavy (non-hydrogen) atoms. The second kappa shape index (κ2) is 2.56. The van der Waals surface area contributed by atoms with Gasteiger partial charge in [-0.1, -0.05) is 0 Å². The monoisotopic (exact) mass is 198 g/mol. The molecule has 0 bridgehead atoms. The summed E-state index contributed by atoms with van der Waals surface area (Å²) in [6.07, 6.45) is 1.63. The van der Waals surface area contributed by atoms with Crippen LogP contribution in [0.3, 0.4) is 0 Å². The van der Waals surface area contributed by atoms with Gasteiger partial charge in [0.1, 0.15) is 5.39 Å². The summed E-state index contributed by atoms with van der Waals surface area (Å²) in [5.41, 5.74) is 0.207. The molecule has 2 aromatic heterocycles. The molecule has 2 aromatic rings. The van der Waals surface area contributed by atoms with Crippen LogP contribution in [0.25, 0.3) is 11.0 Å². The molecule has 2 heterocycles. The Morgan fingerprint density at radius 2 is 2.15 bits per heavy atom. The summed E-state index contributed by atoms with van der Waals surface area (Å²) < 4.78 is 2.82. The maximum atomic E-state index is 11.5. The summed E-state index contributed by atoms with van der Waals surface area (Å²) in [5, 5.41) is 4.61. The average Bonchev–Trinajstić information content (AvgIpc) is 2.42. The first-order valence-corrected chi connectivity index (χ1v) is 4.03. The van der Waals surface area contributed by atoms with Crippen molar-refractivity contribution >= 4 is 22.6 Å². The zero-order valence-corrected chi connectivity index (χ0v) is 7.91. The lowest BCUT2D eigenvalue weighted by Gasteiger charge is -1.97. The van der Waals surface area contributed by atoms with Gasteiger partial charge in [-0.05, 0) is 11.6 Å². The first-order chi connectivity index (χ1) is 6.09. The van der Waals surface area contributed by atoms with Crippen LogP contribution in [0.2, 0.25) is 5.28 Å². The van der Waals surface area contributed by atoms with Gasteiger partial charge in [-0.3, -0.25) is 14.0 Å². The molecular weight excluding hydrogens is 192 g/mol. The minimum atomic E-state index is -0.178. The highest BCUT2D eigenvalue weighted by Crippen LogP contribution is 2.07. The molecule has 5 nitrogen and oxygen atoms in total. The van der Waals surface area contributed by atoms with E-state index in [0.717, 1.165) is 0 Å². The van der Waals surface area contributed by atoms with Gasteiger partial charge in [-0.15, -0.1) is 0 Å². The third-order valence-electron chi connectivity index (χ3n) is 1.82. The number of hydrogen-bond donors (Lipinski definition) is 0. The molecule has 0 aliphatic carbocycles. The molecule has 0 aliphatic rings. The topological polar surface area (TPSA) is 52.7 Å². The van der Waals surface area contributed by atoms with Crippen molar-refractivity contribution in [3.8, 4) is 0 Å². The van der Waals surface area contributed by atoms with Gasteiger partial charge in [0, 0.05) is 20.3 Å². The number of hydrogen-bond acceptors (Lipinski definition) is 3. The van der Waals surface area contributed by atoms with E-state index >= 15 is 0 Å². The lowest BCUT2D eigenvalue weighted by atomic mass is 10.4. The van der Waals surface area contributed by atoms with Crippen LogP contribution in [0, 0.1) is 0 Å². The highest BCUT2D eigenvalue weighted by atomic mass is 35.5. The van der Waals surface area contributed by atoms with E-state index in [1.807, 2.05) is 0 Å². The zero-order valence-electron chi connectivity index (χ0n) is 7.15. The molecule has 0 atom stereocenters. The number of aromatic nitrogens is 4. The second-order valence-corrected chi connectivity index (χ2v) is 3.12. The standard InChI is InChI=1S/C7H7ClN4O/c1-11-3-4-5(10-11)9-7(8)12(2)6(4)13/h3H,1-2H3. The summed E-state index contributed by atoms with van der Waals surface area (Å²) in [6, 6.07) is 0. The maximum Gasteiger partial charge on any atom is 0.265 e. The molecule has 0 unspecified atom stereocenters. The quantitative estimate of drug-likeness (QED) is 0.573. The molecule has 0 saturated carbocycles. The van der Waals surface area contributed by atoms with Gasteiger partial charge in [0.05, 0.1) is 0 Å². The molecule has 0 N–H and O–H groups in total. The molecule has 0 amide bonds. The van der Waals surface area contributed by atoms with Crippen LogP contribution in [-0.2, 0) is 14.1 Å². The van der Waals surface area contributed by atoms with Gasteiger partial charge in [-0.25, -0.2) is 0 Å². The SMILES string of the molecule is Cn1cc2c(=O)n(C)c(Cl)nc2n1. The van der Waals surface area contributed by atoms with Crippen molar-refractivity contribution in [2.75, 3.05) is 0 Å². The zero-order chi connectivity index (χ0) is 9.59. The Labute approximate surface area is 78.6 Å². The van der Waals surface area contributed by atoms with Crippen LogP contribution in [0.5, 0.6) is 0 Å². The summed E-state index contributed by atoms with van der Waals surface area (Å²) in [6.45, 7) is 0. The molecule has 0 spiro atoms. The van der Waals surface area contributed by atoms with Gasteiger partial charge >= 0.3 is 0 Å². The first kappa shape index (κ1) is 8.25. The van der Waals surface area contributed by atoms with Crippen LogP contribution in [0.1, 0.15) is 0 Å². The number of halogens is 1. The maximum absolute atomic E-state index is 11.5. The summed E-state index contributed by atoms with van der Waals surface area (Å²) in [7, 11) is 3.30. The van der Waals surface area contributed by atoms with E-state index in [-0.39, 0.29) is 10.8 Å². The normalized spacial score (nSPS) is 11.0. The summed E-state index contributed by atoms with van der Waals surface area (Å²) >= 11 is 5.70. The van der Waals surface area contributed by atoms with Crippen LogP contribution >= 0.6 is 11.6 Å². The average molecular weight is 199 g/mol. The lowest BCUT2D eigenvalue weighted by Crippen LogP contribution is -2.17. The number of fused-ring (bicyclic) bond motifs is 1. The molecule has 0 fully saturated rings. The Morgan fingerprint density at radius 3 is 2.85 bits per heavy atom. The second-order valence-electron chi connectivity index (χ2n) is 2.79. The predicted octanol–water partition coefficient (Wildman–Crippen LogP) is 0.320. The fourth-order valence-electron chi connectivity index (χ4n) is 1.14. The third kappa shape index (κ3) is 1.12. The van der Waals surface area contributed by atoms with E-state index in [1.165, 1.54) is 9.25 Å². The molecule has 2 rings (SSSR count). The fraction of sp³-hybridized carbons (Fsp3) is 0.286. The van der Waals surface area contributed by atoms with Crippen molar-refractivity contribution in [2.24, 2.45) is 14.1 Å². The van der Waals surface area contributed by atoms with Crippen LogP contribution in [0.4, 0.5) is 0 Å². The van der Waals surface area contributed by atoms with Crippen molar-refractivity contribution in [1.82, 2.24) is 19.3 Å². The van der Waals surface area contributed by atoms with Crippen molar-refractivity contribution in [3.05, 3.63) is 21.8 Å². The number of rotatable bonds is 0. The van der Waals surface area contributed by atoms with Gasteiger partial charge in [0.25, 0.3) is 5.56 Å². The Kier molecular flexibility index (Phi) is 1.63. The Morgan fingerprint density at radius 1 is 1.46 bits per heavy atom. The van der Waals surface area contributed by atoms with Crippen LogP contribution in [0.15, 0.2) is 11.0 Å². The molecule has 68 valence electrons. The van der Waals surface area contributed by atoms with Crippen molar-refractivity contribution in [3.63, 3.8) is 0 Å². The summed E-state index contributed by atoms with van der Waals surface area (Å²) in [5.74, 6) is 0. The highest BCUT2D eigenvalue weighted by molar-refractivity contribution is 6.28. The van der Waals surface area contributed by atoms with E-state index in [2.05, 4.69) is 10.1 Å². The van der Waals surface area contributed by atoms with Gasteiger partial charge < -0.3 is 0 Å². The Bertz CT molecular complexity index is 527. The van der Waals surface area contributed by atoms with Gasteiger partial charge in [0.15, 0.2) is 5.65 Å². The number of nitrogens with zero attached hydrogens (tertiary/aromatic N) is 4. The van der Waals surface area contributed by atoms with E-state index in [1.54, 1.807) is 20.3 Å². The predicted molar refractivity (Wildman–Crippen MR) is 48.8 cm³/mol. The van der Waals surface area contributed by atoms with Crippen LogP contribution in [-0.4, -0.2) is 19.3 Å². The van der Waals surface area contributed by atoms with E-state index in [4.69, 9.17) is 11.6 Å². The first-order valence-electron chi connectivity index (χ1n) is 3.65. The molecular formula is C7H7ClN4O. The molecule has 0 radical (unpaired) electrons. The summed E-state index contributed by atoms with van der Waals surface area (Å²) in [4.78, 5) is 15.5. The van der Waals surface area contributed by atoms with Crippen molar-refractivity contribution in [1.29, 1.82) is 0 Å². The molecule has 0 aliphatic heterocycles. The Hall–Kier alpha value is -1.36. The number of aryl methyl sites for hydroxylation is 1. The van der Waals surface area contributed by atoms with Crippen molar-refractivity contribution < 1.29 is 0 Å². The minimum absolute atomic E-state index is 0.149. The van der Waals surface area contributed by atoms with Gasteiger partial charge in [-0.2, -0.15) is 10.1 Å². The molecule has 0 saturated heterocycles. The fourth-order valence-corrected chi connectivity index (χ4v) is 1.29. The molecule has 0 aromatic carbocycles. The molecule has 6 heteroatoms. The third-order valence-corrected chi connectivity index (χ3v) is 2.16. The van der Waals surface area contributed by atoms with Gasteiger partial charge in [0.2, 0.25) is 5.28 Å². The van der Waals surface area contributed by atoms with E-state index in [9.17, 15) is 4.79 Å². The highest BCUT2D eigenvalue weighted by Gasteiger charge is 2.08. The van der Waals surface area contributed by atoms with Crippen LogP contribution < -0.4 is 5.56 Å². The minimum Gasteiger partial charge on any atom is -0.286 e. The van der Waals surface area contributed by atoms with E-state index in [0.29, 0.717) is 11.0 Å². The smallest absolute Gasteiger partial charge is 0.265 e. The van der Waals surface area contributed by atoms with Crippen molar-refractivity contribution in [2.45, 2.75) is 0 Å². The Balaban J connectivity index is 3.01. The van der Waals surface area contributed by atoms with E-state index < -0.39 is 0 Å². The lowest BCUT2D eigenvalue weighted by molar-refractivity contribution is 0.774. The largest absolute Gasteiger partial charge is 0.286 e.